The van der Waals surface area contributed by atoms with Crippen LogP contribution in [0.25, 0.3) is 0 Å². The fourth-order valence-corrected chi connectivity index (χ4v) is 0.366. The van der Waals surface area contributed by atoms with Gasteiger partial charge in [0.05, 0.1) is 0 Å². The van der Waals surface area contributed by atoms with Gasteiger partial charge in [0.15, 0.2) is 0 Å². The Morgan fingerprint density at radius 3 is 2.78 bits per heavy atom. The van der Waals surface area contributed by atoms with Crippen molar-refractivity contribution < 1.29 is 9.53 Å². The first-order valence-corrected chi connectivity index (χ1v) is 3.25. The van der Waals surface area contributed by atoms with Crippen molar-refractivity contribution in [1.29, 1.82) is 0 Å². The third-order valence-electron chi connectivity index (χ3n) is 0.539. The Morgan fingerprint density at radius 2 is 2.33 bits per heavy atom. The molecule has 0 aliphatic rings. The second-order valence-electron chi connectivity index (χ2n) is 1.18. The van der Waals surface area contributed by atoms with Gasteiger partial charge < -0.3 is 4.74 Å². The lowest BCUT2D eigenvalue weighted by atomic mass is 10.7. The molecule has 0 heterocycles. The summed E-state index contributed by atoms with van der Waals surface area (Å²) in [5.41, 5.74) is 1.28. The van der Waals surface area contributed by atoms with E-state index >= 15 is 0 Å². The third kappa shape index (κ3) is 5.66. The maximum Gasteiger partial charge on any atom is 0.321 e. The summed E-state index contributed by atoms with van der Waals surface area (Å²) in [5.74, 6) is -0.553. The first-order valence-electron chi connectivity index (χ1n) is 2.28. The van der Waals surface area contributed by atoms with Gasteiger partial charge in [0, 0.05) is 5.54 Å². The van der Waals surface area contributed by atoms with E-state index in [0.717, 1.165) is 0 Å². The molecule has 0 N–H and O–H groups in total. The molecule has 0 spiro atoms. The lowest BCUT2D eigenvalue weighted by Crippen LogP contribution is -2.04. The Morgan fingerprint density at radius 1 is 1.67 bits per heavy atom. The van der Waals surface area contributed by atoms with Gasteiger partial charge >= 0.3 is 5.97 Å². The van der Waals surface area contributed by atoms with Crippen LogP contribution in [0, 0.1) is 0 Å². The average molecular weight is 169 g/mol. The van der Waals surface area contributed by atoms with Crippen LogP contribution in [0.2, 0.25) is 0 Å². The summed E-state index contributed by atoms with van der Waals surface area (Å²) in [4.78, 5) is 10.3. The molecule has 0 aromatic carbocycles. The predicted octanol–water partition coefficient (Wildman–Crippen LogP) is 1.52. The molecule has 0 saturated heterocycles. The molecule has 0 amide bonds. The molecule has 9 heavy (non-hydrogen) atoms. The van der Waals surface area contributed by atoms with Crippen molar-refractivity contribution in [3.8, 4) is 0 Å². The standard InChI is InChI=1S/C5H6Cl2O2/c6-2-1-3-9-5(8)4-7/h1-2H,3-4H2/b2-1+. The number of carbonyl (C=O) groups excluding carboxylic acids is 1. The van der Waals surface area contributed by atoms with Crippen molar-refractivity contribution >= 4 is 29.2 Å². The SMILES string of the molecule is O=C(CCl)OC/C=C/Cl. The molecule has 0 radical (unpaired) electrons. The summed E-state index contributed by atoms with van der Waals surface area (Å²) in [6.45, 7) is 0.190. The van der Waals surface area contributed by atoms with Crippen LogP contribution in [0.1, 0.15) is 0 Å². The zero-order valence-corrected chi connectivity index (χ0v) is 6.15. The van der Waals surface area contributed by atoms with E-state index < -0.39 is 5.97 Å². The molecule has 0 aliphatic heterocycles. The fourth-order valence-electron chi connectivity index (χ4n) is 0.216. The summed E-state index contributed by atoms with van der Waals surface area (Å²) in [5, 5.41) is 0. The molecule has 0 aromatic rings. The van der Waals surface area contributed by atoms with Gasteiger partial charge in [-0.3, -0.25) is 4.79 Å². The maximum atomic E-state index is 10.3. The van der Waals surface area contributed by atoms with Gasteiger partial charge in [0.25, 0.3) is 0 Å². The second-order valence-corrected chi connectivity index (χ2v) is 1.70. The molecule has 0 bridgehead atoms. The average Bonchev–Trinajstić information content (AvgIpc) is 1.89. The minimum absolute atomic E-state index is 0.115. The summed E-state index contributed by atoms with van der Waals surface area (Å²) >= 11 is 10.2. The number of halogens is 2. The number of hydrogen-bond donors (Lipinski definition) is 0. The molecule has 0 aliphatic carbocycles. The zero-order valence-electron chi connectivity index (χ0n) is 4.64. The zero-order chi connectivity index (χ0) is 7.11. The van der Waals surface area contributed by atoms with E-state index in [4.69, 9.17) is 23.2 Å². The second kappa shape index (κ2) is 5.92. The Bertz CT molecular complexity index is 112. The molecule has 0 unspecified atom stereocenters. The van der Waals surface area contributed by atoms with Crippen LogP contribution in [0.3, 0.4) is 0 Å². The van der Waals surface area contributed by atoms with Gasteiger partial charge in [0.2, 0.25) is 0 Å². The quantitative estimate of drug-likeness (QED) is 0.472. The maximum absolute atomic E-state index is 10.3. The van der Waals surface area contributed by atoms with Crippen molar-refractivity contribution in [3.05, 3.63) is 11.6 Å². The van der Waals surface area contributed by atoms with Gasteiger partial charge in [-0.1, -0.05) is 11.6 Å². The van der Waals surface area contributed by atoms with E-state index in [-0.39, 0.29) is 12.5 Å². The molecule has 0 atom stereocenters. The van der Waals surface area contributed by atoms with E-state index in [1.54, 1.807) is 0 Å². The molecule has 0 rings (SSSR count). The van der Waals surface area contributed by atoms with Gasteiger partial charge in [0.1, 0.15) is 12.5 Å². The summed E-state index contributed by atoms with van der Waals surface area (Å²) in [6.07, 6.45) is 1.51. The number of hydrogen-bond acceptors (Lipinski definition) is 2. The van der Waals surface area contributed by atoms with E-state index in [1.165, 1.54) is 11.6 Å². The summed E-state index contributed by atoms with van der Waals surface area (Å²) < 4.78 is 4.49. The Kier molecular flexibility index (Phi) is 5.78. The van der Waals surface area contributed by atoms with Crippen molar-refractivity contribution in [2.45, 2.75) is 0 Å². The number of esters is 1. The highest BCUT2D eigenvalue weighted by molar-refractivity contribution is 6.26. The largest absolute Gasteiger partial charge is 0.461 e. The minimum Gasteiger partial charge on any atom is -0.461 e. The van der Waals surface area contributed by atoms with Gasteiger partial charge in [-0.25, -0.2) is 0 Å². The van der Waals surface area contributed by atoms with Gasteiger partial charge in [-0.15, -0.1) is 11.6 Å². The summed E-state index contributed by atoms with van der Waals surface area (Å²) in [7, 11) is 0. The normalized spacial score (nSPS) is 10.0. The molecule has 0 saturated carbocycles. The highest BCUT2D eigenvalue weighted by atomic mass is 35.5. The van der Waals surface area contributed by atoms with Gasteiger partial charge in [-0.2, -0.15) is 0 Å². The Balaban J connectivity index is 3.17. The number of carbonyl (C=O) groups is 1. The van der Waals surface area contributed by atoms with Gasteiger partial charge in [-0.05, 0) is 6.08 Å². The van der Waals surface area contributed by atoms with Crippen LogP contribution in [-0.4, -0.2) is 18.5 Å². The van der Waals surface area contributed by atoms with Crippen LogP contribution < -0.4 is 0 Å². The van der Waals surface area contributed by atoms with Crippen LogP contribution in [0.5, 0.6) is 0 Å². The van der Waals surface area contributed by atoms with E-state index in [1.807, 2.05) is 0 Å². The minimum atomic E-state index is -0.438. The van der Waals surface area contributed by atoms with Crippen molar-refractivity contribution in [1.82, 2.24) is 0 Å². The molecule has 0 fully saturated rings. The van der Waals surface area contributed by atoms with Crippen LogP contribution in [-0.2, 0) is 9.53 Å². The molecule has 4 heteroatoms. The highest BCUT2D eigenvalue weighted by Crippen LogP contribution is 1.84. The monoisotopic (exact) mass is 168 g/mol. The number of rotatable bonds is 3. The van der Waals surface area contributed by atoms with E-state index in [0.29, 0.717) is 0 Å². The number of ether oxygens (including phenoxy) is 1. The highest BCUT2D eigenvalue weighted by Gasteiger charge is 1.94. The lowest BCUT2D eigenvalue weighted by Gasteiger charge is -1.94. The Labute approximate surface area is 63.4 Å². The summed E-state index contributed by atoms with van der Waals surface area (Å²) in [6, 6.07) is 0. The molecule has 52 valence electrons. The third-order valence-corrected chi connectivity index (χ3v) is 0.935. The van der Waals surface area contributed by atoms with Crippen LogP contribution >= 0.6 is 23.2 Å². The first-order chi connectivity index (χ1) is 4.31. The molecule has 0 aromatic heterocycles. The van der Waals surface area contributed by atoms with Crippen LogP contribution in [0.4, 0.5) is 0 Å². The van der Waals surface area contributed by atoms with Crippen molar-refractivity contribution in [3.63, 3.8) is 0 Å². The molecular weight excluding hydrogens is 163 g/mol. The lowest BCUT2D eigenvalue weighted by molar-refractivity contribution is -0.139. The van der Waals surface area contributed by atoms with Crippen molar-refractivity contribution in [2.75, 3.05) is 12.5 Å². The van der Waals surface area contributed by atoms with E-state index in [9.17, 15) is 4.79 Å². The number of alkyl halides is 1. The first kappa shape index (κ1) is 8.79. The smallest absolute Gasteiger partial charge is 0.321 e. The van der Waals surface area contributed by atoms with Crippen LogP contribution in [0.15, 0.2) is 11.6 Å². The Hall–Kier alpha value is -0.210. The van der Waals surface area contributed by atoms with Crippen molar-refractivity contribution in [2.24, 2.45) is 0 Å². The molecule has 2 nitrogen and oxygen atoms in total. The molecular formula is C5H6Cl2O2. The fraction of sp³-hybridized carbons (Fsp3) is 0.400. The predicted molar refractivity (Wildman–Crippen MR) is 36.7 cm³/mol. The van der Waals surface area contributed by atoms with E-state index in [2.05, 4.69) is 4.74 Å². The topological polar surface area (TPSA) is 26.3 Å².